The van der Waals surface area contributed by atoms with Crippen molar-refractivity contribution in [2.75, 3.05) is 0 Å². The second-order valence-corrected chi connectivity index (χ2v) is 7.21. The summed E-state index contributed by atoms with van der Waals surface area (Å²) in [4.78, 5) is 1.42. The van der Waals surface area contributed by atoms with Crippen LogP contribution in [0.4, 0.5) is 0 Å². The van der Waals surface area contributed by atoms with Gasteiger partial charge in [-0.05, 0) is 54.8 Å². The fourth-order valence-corrected chi connectivity index (χ4v) is 4.01. The van der Waals surface area contributed by atoms with Gasteiger partial charge in [0.05, 0.1) is 0 Å². The molecule has 0 aliphatic heterocycles. The van der Waals surface area contributed by atoms with E-state index in [1.165, 1.54) is 17.7 Å². The zero-order valence-corrected chi connectivity index (χ0v) is 13.6. The molecule has 4 heteroatoms. The minimum atomic E-state index is 0.215. The first kappa shape index (κ1) is 14.4. The molecule has 0 amide bonds. The number of thiophene rings is 1. The van der Waals surface area contributed by atoms with Crippen LogP contribution in [0.1, 0.15) is 42.3 Å². The lowest BCUT2D eigenvalue weighted by molar-refractivity contribution is 0.433. The topological polar surface area (TPSA) is 12.0 Å². The van der Waals surface area contributed by atoms with Gasteiger partial charge in [-0.3, -0.25) is 0 Å². The van der Waals surface area contributed by atoms with Crippen molar-refractivity contribution in [2.24, 2.45) is 5.92 Å². The molecule has 0 saturated heterocycles. The average molecular weight is 326 g/mol. The third kappa shape index (κ3) is 3.20. The second-order valence-electron chi connectivity index (χ2n) is 5.38. The van der Waals surface area contributed by atoms with Crippen LogP contribution in [0.15, 0.2) is 35.7 Å². The van der Waals surface area contributed by atoms with E-state index in [4.69, 9.17) is 23.2 Å². The molecule has 1 saturated carbocycles. The molecule has 1 nitrogen and oxygen atoms in total. The number of halogens is 2. The summed E-state index contributed by atoms with van der Waals surface area (Å²) in [6.07, 6.45) is 2.63. The highest BCUT2D eigenvalue weighted by atomic mass is 35.5. The van der Waals surface area contributed by atoms with Gasteiger partial charge in [-0.25, -0.2) is 0 Å². The molecule has 1 aromatic carbocycles. The standard InChI is InChI=1S/C16H17Cl2NS/c1-10(13-7-6-12(17)9-14(13)18)19-16(11-4-5-11)15-3-2-8-20-15/h2-3,6-11,16,19H,4-5H2,1H3. The summed E-state index contributed by atoms with van der Waals surface area (Å²) in [5.74, 6) is 0.766. The van der Waals surface area contributed by atoms with E-state index >= 15 is 0 Å². The van der Waals surface area contributed by atoms with Gasteiger partial charge in [0.25, 0.3) is 0 Å². The normalized spacial score (nSPS) is 17.9. The highest BCUT2D eigenvalue weighted by Crippen LogP contribution is 2.43. The molecule has 1 aromatic heterocycles. The van der Waals surface area contributed by atoms with E-state index in [-0.39, 0.29) is 6.04 Å². The molecule has 20 heavy (non-hydrogen) atoms. The number of hydrogen-bond acceptors (Lipinski definition) is 2. The third-order valence-electron chi connectivity index (χ3n) is 3.80. The number of benzene rings is 1. The molecule has 1 fully saturated rings. The molecular formula is C16H17Cl2NS. The first-order valence-electron chi connectivity index (χ1n) is 6.89. The lowest BCUT2D eigenvalue weighted by Gasteiger charge is -2.23. The Morgan fingerprint density at radius 3 is 2.65 bits per heavy atom. The van der Waals surface area contributed by atoms with E-state index in [0.29, 0.717) is 11.1 Å². The fourth-order valence-electron chi connectivity index (χ4n) is 2.56. The van der Waals surface area contributed by atoms with Crippen LogP contribution >= 0.6 is 34.5 Å². The van der Waals surface area contributed by atoms with E-state index in [9.17, 15) is 0 Å². The zero-order chi connectivity index (χ0) is 14.1. The number of rotatable bonds is 5. The minimum absolute atomic E-state index is 0.215. The monoisotopic (exact) mass is 325 g/mol. The molecule has 1 heterocycles. The van der Waals surface area contributed by atoms with Crippen LogP contribution in [-0.2, 0) is 0 Å². The summed E-state index contributed by atoms with van der Waals surface area (Å²) in [5.41, 5.74) is 1.11. The Labute approximate surface area is 133 Å². The Balaban J connectivity index is 1.78. The van der Waals surface area contributed by atoms with Crippen molar-refractivity contribution in [3.05, 3.63) is 56.2 Å². The highest BCUT2D eigenvalue weighted by Gasteiger charge is 2.33. The maximum Gasteiger partial charge on any atom is 0.0468 e. The van der Waals surface area contributed by atoms with Gasteiger partial charge in [0.15, 0.2) is 0 Å². The van der Waals surface area contributed by atoms with E-state index < -0.39 is 0 Å². The molecule has 1 aliphatic carbocycles. The second kappa shape index (κ2) is 6.07. The maximum atomic E-state index is 6.31. The summed E-state index contributed by atoms with van der Waals surface area (Å²) in [5, 5.41) is 7.30. The lowest BCUT2D eigenvalue weighted by Crippen LogP contribution is -2.25. The summed E-state index contributed by atoms with van der Waals surface area (Å²) >= 11 is 14.1. The zero-order valence-electron chi connectivity index (χ0n) is 11.3. The SMILES string of the molecule is CC(NC(c1cccs1)C1CC1)c1ccc(Cl)cc1Cl. The van der Waals surface area contributed by atoms with Crippen molar-refractivity contribution in [1.82, 2.24) is 5.32 Å². The predicted molar refractivity (Wildman–Crippen MR) is 87.8 cm³/mol. The molecule has 1 aliphatic rings. The molecule has 0 spiro atoms. The van der Waals surface area contributed by atoms with Gasteiger partial charge in [0.2, 0.25) is 0 Å². The molecule has 106 valence electrons. The van der Waals surface area contributed by atoms with Gasteiger partial charge < -0.3 is 5.32 Å². The smallest absolute Gasteiger partial charge is 0.0468 e. The molecule has 2 atom stereocenters. The van der Waals surface area contributed by atoms with Gasteiger partial charge in [-0.1, -0.05) is 35.3 Å². The van der Waals surface area contributed by atoms with Crippen molar-refractivity contribution >= 4 is 34.5 Å². The van der Waals surface area contributed by atoms with Crippen molar-refractivity contribution in [2.45, 2.75) is 31.8 Å². The van der Waals surface area contributed by atoms with E-state index in [1.807, 2.05) is 29.5 Å². The Morgan fingerprint density at radius 1 is 1.25 bits per heavy atom. The first-order chi connectivity index (χ1) is 9.65. The van der Waals surface area contributed by atoms with Crippen LogP contribution in [0.5, 0.6) is 0 Å². The Kier molecular flexibility index (Phi) is 4.37. The van der Waals surface area contributed by atoms with Crippen molar-refractivity contribution in [3.63, 3.8) is 0 Å². The Morgan fingerprint density at radius 2 is 2.05 bits per heavy atom. The van der Waals surface area contributed by atoms with Crippen LogP contribution in [0.25, 0.3) is 0 Å². The van der Waals surface area contributed by atoms with Crippen LogP contribution in [0.2, 0.25) is 10.0 Å². The third-order valence-corrected chi connectivity index (χ3v) is 5.32. The summed E-state index contributed by atoms with van der Waals surface area (Å²) in [6, 6.07) is 10.7. The molecule has 1 N–H and O–H groups in total. The van der Waals surface area contributed by atoms with Crippen LogP contribution in [0.3, 0.4) is 0 Å². The summed E-state index contributed by atoms with van der Waals surface area (Å²) in [7, 11) is 0. The quantitative estimate of drug-likeness (QED) is 0.726. The molecule has 2 unspecified atom stereocenters. The average Bonchev–Trinajstić information content (AvgIpc) is 3.10. The minimum Gasteiger partial charge on any atom is -0.302 e. The molecule has 0 bridgehead atoms. The van der Waals surface area contributed by atoms with Gasteiger partial charge in [0.1, 0.15) is 0 Å². The molecule has 2 aromatic rings. The Bertz CT molecular complexity index is 578. The summed E-state index contributed by atoms with van der Waals surface area (Å²) < 4.78 is 0. The van der Waals surface area contributed by atoms with Gasteiger partial charge in [0, 0.05) is 27.0 Å². The van der Waals surface area contributed by atoms with E-state index in [0.717, 1.165) is 16.5 Å². The van der Waals surface area contributed by atoms with E-state index in [2.05, 4.69) is 29.8 Å². The maximum absolute atomic E-state index is 6.31. The van der Waals surface area contributed by atoms with Crippen LogP contribution in [0, 0.1) is 5.92 Å². The van der Waals surface area contributed by atoms with Gasteiger partial charge >= 0.3 is 0 Å². The highest BCUT2D eigenvalue weighted by molar-refractivity contribution is 7.10. The predicted octanol–water partition coefficient (Wildman–Crippen LogP) is 5.86. The molecule has 0 radical (unpaired) electrons. The van der Waals surface area contributed by atoms with E-state index in [1.54, 1.807) is 0 Å². The number of hydrogen-bond donors (Lipinski definition) is 1. The largest absolute Gasteiger partial charge is 0.302 e. The van der Waals surface area contributed by atoms with Crippen molar-refractivity contribution in [1.29, 1.82) is 0 Å². The van der Waals surface area contributed by atoms with Crippen LogP contribution < -0.4 is 5.32 Å². The number of nitrogens with one attached hydrogen (secondary N) is 1. The van der Waals surface area contributed by atoms with Gasteiger partial charge in [-0.15, -0.1) is 11.3 Å². The van der Waals surface area contributed by atoms with Crippen molar-refractivity contribution in [3.8, 4) is 0 Å². The summed E-state index contributed by atoms with van der Waals surface area (Å²) in [6.45, 7) is 2.16. The van der Waals surface area contributed by atoms with Crippen LogP contribution in [-0.4, -0.2) is 0 Å². The first-order valence-corrected chi connectivity index (χ1v) is 8.53. The van der Waals surface area contributed by atoms with Gasteiger partial charge in [-0.2, -0.15) is 0 Å². The van der Waals surface area contributed by atoms with Crippen molar-refractivity contribution < 1.29 is 0 Å². The molecule has 3 rings (SSSR count). The Hall–Kier alpha value is -0.540. The lowest BCUT2D eigenvalue weighted by atomic mass is 10.0. The fraction of sp³-hybridized carbons (Fsp3) is 0.375. The molecular weight excluding hydrogens is 309 g/mol.